The summed E-state index contributed by atoms with van der Waals surface area (Å²) in [6, 6.07) is 0.549. The lowest BCUT2D eigenvalue weighted by atomic mass is 10.0. The maximum absolute atomic E-state index is 5.65. The smallest absolute Gasteiger partial charge is 0.173 e. The van der Waals surface area contributed by atoms with Crippen LogP contribution in [0.5, 0.6) is 0 Å². The molecule has 2 nitrogen and oxygen atoms in total. The molecule has 1 aliphatic carbocycles. The second-order valence-corrected chi connectivity index (χ2v) is 6.05. The lowest BCUT2D eigenvalue weighted by Crippen LogP contribution is -2.51. The average molecular weight is 270 g/mol. The van der Waals surface area contributed by atoms with Gasteiger partial charge in [-0.1, -0.05) is 25.5 Å². The molecule has 0 spiro atoms. The molecule has 1 heterocycles. The Morgan fingerprint density at radius 1 is 1.47 bits per heavy atom. The van der Waals surface area contributed by atoms with Gasteiger partial charge in [0.25, 0.3) is 0 Å². The van der Waals surface area contributed by atoms with Gasteiger partial charge in [0.05, 0.1) is 17.8 Å². The lowest BCUT2D eigenvalue weighted by molar-refractivity contribution is 0.311. The fourth-order valence-electron chi connectivity index (χ4n) is 2.34. The summed E-state index contributed by atoms with van der Waals surface area (Å²) in [5, 5.41) is 1.08. The number of thiocarbonyl (C=S) groups is 1. The number of rotatable bonds is 4. The van der Waals surface area contributed by atoms with Crippen molar-refractivity contribution in [2.75, 3.05) is 18.3 Å². The zero-order valence-electron chi connectivity index (χ0n) is 10.6. The quantitative estimate of drug-likeness (QED) is 0.570. The standard InChI is InChI=1S/C13H22N2S2/c1-2-3-9-14-10-17-11-15(13(14)16)12-7-5-4-6-8-12/h5,7,12H,2-4,6,8-11H2,1H3. The summed E-state index contributed by atoms with van der Waals surface area (Å²) in [6.45, 7) is 3.36. The molecule has 1 saturated heterocycles. The van der Waals surface area contributed by atoms with Crippen LogP contribution >= 0.6 is 24.0 Å². The summed E-state index contributed by atoms with van der Waals surface area (Å²) in [4.78, 5) is 4.78. The minimum atomic E-state index is 0.549. The molecule has 1 unspecified atom stereocenters. The minimum Gasteiger partial charge on any atom is -0.340 e. The van der Waals surface area contributed by atoms with E-state index in [2.05, 4.69) is 28.9 Å². The molecule has 0 radical (unpaired) electrons. The van der Waals surface area contributed by atoms with Gasteiger partial charge in [0.15, 0.2) is 5.11 Å². The molecule has 0 aromatic rings. The molecule has 4 heteroatoms. The fourth-order valence-corrected chi connectivity index (χ4v) is 3.93. The van der Waals surface area contributed by atoms with Crippen molar-refractivity contribution in [2.45, 2.75) is 45.1 Å². The lowest BCUT2D eigenvalue weighted by Gasteiger charge is -2.42. The van der Waals surface area contributed by atoms with Crippen LogP contribution in [-0.4, -0.2) is 39.3 Å². The number of hydrogen-bond acceptors (Lipinski definition) is 2. The molecule has 2 rings (SSSR count). The van der Waals surface area contributed by atoms with Crippen molar-refractivity contribution in [1.82, 2.24) is 9.80 Å². The highest BCUT2D eigenvalue weighted by Crippen LogP contribution is 2.25. The van der Waals surface area contributed by atoms with E-state index in [4.69, 9.17) is 12.2 Å². The zero-order chi connectivity index (χ0) is 12.1. The van der Waals surface area contributed by atoms with Crippen LogP contribution < -0.4 is 0 Å². The first-order valence-electron chi connectivity index (χ1n) is 6.63. The van der Waals surface area contributed by atoms with E-state index in [1.807, 2.05) is 11.8 Å². The van der Waals surface area contributed by atoms with Gasteiger partial charge in [0.1, 0.15) is 0 Å². The second-order valence-electron chi connectivity index (χ2n) is 4.76. The third-order valence-electron chi connectivity index (χ3n) is 3.40. The maximum atomic E-state index is 5.65. The largest absolute Gasteiger partial charge is 0.340 e. The van der Waals surface area contributed by atoms with Gasteiger partial charge in [-0.2, -0.15) is 0 Å². The number of unbranched alkanes of at least 4 members (excludes halogenated alkanes) is 1. The van der Waals surface area contributed by atoms with E-state index in [9.17, 15) is 0 Å². The predicted octanol–water partition coefficient (Wildman–Crippen LogP) is 3.45. The number of hydrogen-bond donors (Lipinski definition) is 0. The highest BCUT2D eigenvalue weighted by atomic mass is 32.2. The second kappa shape index (κ2) is 6.64. The Morgan fingerprint density at radius 2 is 2.35 bits per heavy atom. The Balaban J connectivity index is 1.95. The van der Waals surface area contributed by atoms with Crippen molar-refractivity contribution in [3.05, 3.63) is 12.2 Å². The van der Waals surface area contributed by atoms with Crippen LogP contribution in [0.25, 0.3) is 0 Å². The van der Waals surface area contributed by atoms with Gasteiger partial charge in [0.2, 0.25) is 0 Å². The first-order valence-corrected chi connectivity index (χ1v) is 8.19. The Kier molecular flexibility index (Phi) is 5.16. The molecule has 0 bridgehead atoms. The third kappa shape index (κ3) is 3.38. The summed E-state index contributed by atoms with van der Waals surface area (Å²) in [5.74, 6) is 2.14. The van der Waals surface area contributed by atoms with Crippen LogP contribution in [0.15, 0.2) is 12.2 Å². The van der Waals surface area contributed by atoms with E-state index in [-0.39, 0.29) is 0 Å². The third-order valence-corrected chi connectivity index (χ3v) is 4.85. The van der Waals surface area contributed by atoms with Crippen molar-refractivity contribution in [2.24, 2.45) is 0 Å². The van der Waals surface area contributed by atoms with E-state index in [1.54, 1.807) is 0 Å². The van der Waals surface area contributed by atoms with Gasteiger partial charge < -0.3 is 9.80 Å². The van der Waals surface area contributed by atoms with Crippen LogP contribution in [0, 0.1) is 0 Å². The number of thioether (sulfide) groups is 1. The number of allylic oxidation sites excluding steroid dienone is 1. The molecule has 0 saturated carbocycles. The maximum Gasteiger partial charge on any atom is 0.173 e. The molecule has 0 aromatic carbocycles. The molecule has 1 fully saturated rings. The highest BCUT2D eigenvalue weighted by Gasteiger charge is 2.27. The molecule has 1 atom stereocenters. The average Bonchev–Trinajstić information content (AvgIpc) is 2.39. The van der Waals surface area contributed by atoms with E-state index >= 15 is 0 Å². The molecule has 1 aliphatic heterocycles. The molecule has 96 valence electrons. The van der Waals surface area contributed by atoms with Crippen LogP contribution in [0.2, 0.25) is 0 Å². The molecule has 0 N–H and O–H groups in total. The van der Waals surface area contributed by atoms with Crippen molar-refractivity contribution < 1.29 is 0 Å². The zero-order valence-corrected chi connectivity index (χ0v) is 12.2. The van der Waals surface area contributed by atoms with Gasteiger partial charge >= 0.3 is 0 Å². The first kappa shape index (κ1) is 13.2. The summed E-state index contributed by atoms with van der Waals surface area (Å²) in [5.41, 5.74) is 0. The normalized spacial score (nSPS) is 25.5. The van der Waals surface area contributed by atoms with E-state index < -0.39 is 0 Å². The summed E-state index contributed by atoms with van der Waals surface area (Å²) >= 11 is 7.64. The van der Waals surface area contributed by atoms with Gasteiger partial charge in [0, 0.05) is 6.54 Å². The Hall–Kier alpha value is -0.220. The monoisotopic (exact) mass is 270 g/mol. The Labute approximate surface area is 114 Å². The molecular formula is C13H22N2S2. The van der Waals surface area contributed by atoms with E-state index in [0.717, 1.165) is 23.4 Å². The Bertz CT molecular complexity index is 291. The molecule has 17 heavy (non-hydrogen) atoms. The summed E-state index contributed by atoms with van der Waals surface area (Å²) in [7, 11) is 0. The Morgan fingerprint density at radius 3 is 3.06 bits per heavy atom. The fraction of sp³-hybridized carbons (Fsp3) is 0.769. The van der Waals surface area contributed by atoms with Gasteiger partial charge in [-0.25, -0.2) is 0 Å². The van der Waals surface area contributed by atoms with E-state index in [0.29, 0.717) is 6.04 Å². The number of nitrogens with zero attached hydrogens (tertiary/aromatic N) is 2. The predicted molar refractivity (Wildman–Crippen MR) is 80.2 cm³/mol. The van der Waals surface area contributed by atoms with Crippen molar-refractivity contribution in [1.29, 1.82) is 0 Å². The highest BCUT2D eigenvalue weighted by molar-refractivity contribution is 7.99. The summed E-state index contributed by atoms with van der Waals surface area (Å²) in [6.07, 6.45) is 11.0. The van der Waals surface area contributed by atoms with Crippen molar-refractivity contribution in [3.63, 3.8) is 0 Å². The van der Waals surface area contributed by atoms with Crippen LogP contribution in [0.4, 0.5) is 0 Å². The minimum absolute atomic E-state index is 0.549. The molecule has 2 aliphatic rings. The first-order chi connectivity index (χ1) is 8.33. The van der Waals surface area contributed by atoms with Gasteiger partial charge in [-0.05, 0) is 37.9 Å². The van der Waals surface area contributed by atoms with Gasteiger partial charge in [-0.3, -0.25) is 0 Å². The van der Waals surface area contributed by atoms with E-state index in [1.165, 1.54) is 32.1 Å². The van der Waals surface area contributed by atoms with Crippen LogP contribution in [0.1, 0.15) is 39.0 Å². The summed E-state index contributed by atoms with van der Waals surface area (Å²) < 4.78 is 0. The van der Waals surface area contributed by atoms with Crippen molar-refractivity contribution >= 4 is 29.1 Å². The SMILES string of the molecule is CCCCN1CSCN(C2C=CCCC2)C1=S. The molecule has 0 amide bonds. The molecular weight excluding hydrogens is 248 g/mol. The van der Waals surface area contributed by atoms with Gasteiger partial charge in [-0.15, -0.1) is 11.8 Å². The van der Waals surface area contributed by atoms with Crippen LogP contribution in [-0.2, 0) is 0 Å². The van der Waals surface area contributed by atoms with Crippen LogP contribution in [0.3, 0.4) is 0 Å². The van der Waals surface area contributed by atoms with Crippen molar-refractivity contribution in [3.8, 4) is 0 Å². The topological polar surface area (TPSA) is 6.48 Å². The molecule has 0 aromatic heterocycles.